The summed E-state index contributed by atoms with van der Waals surface area (Å²) >= 11 is 0. The molecule has 0 fully saturated rings. The summed E-state index contributed by atoms with van der Waals surface area (Å²) in [6.07, 6.45) is 1.18. The van der Waals surface area contributed by atoms with Crippen molar-refractivity contribution >= 4 is 17.5 Å². The fourth-order valence-corrected chi connectivity index (χ4v) is 1.84. The molecule has 7 heteroatoms. The number of carbonyl (C=O) groups excluding carboxylic acids is 2. The standard InChI is InChI=1S/C14H13N3O4/c15-4-7-21-11-3-1-2-10(8-11)16-12-9-13(19)17(5-6-18)14(12)20/h1-3,8-9,16,18H,5-7H2. The average Bonchev–Trinajstić information content (AvgIpc) is 2.73. The second-order valence-corrected chi connectivity index (χ2v) is 4.18. The first kappa shape index (κ1) is 14.6. The average molecular weight is 287 g/mol. The first-order valence-electron chi connectivity index (χ1n) is 6.21. The Kier molecular flexibility index (Phi) is 4.53. The van der Waals surface area contributed by atoms with Crippen LogP contribution in [0.1, 0.15) is 0 Å². The third-order valence-corrected chi connectivity index (χ3v) is 2.75. The maximum Gasteiger partial charge on any atom is 0.277 e. The molecule has 1 aliphatic rings. The van der Waals surface area contributed by atoms with E-state index in [0.29, 0.717) is 11.4 Å². The van der Waals surface area contributed by atoms with Gasteiger partial charge in [-0.3, -0.25) is 14.5 Å². The number of nitrogens with zero attached hydrogens (tertiary/aromatic N) is 2. The molecule has 2 N–H and O–H groups in total. The van der Waals surface area contributed by atoms with Crippen LogP contribution in [-0.2, 0) is 9.59 Å². The Morgan fingerprint density at radius 1 is 1.38 bits per heavy atom. The lowest BCUT2D eigenvalue weighted by Gasteiger charge is -2.13. The Labute approximate surface area is 121 Å². The summed E-state index contributed by atoms with van der Waals surface area (Å²) in [6, 6.07) is 8.55. The first-order chi connectivity index (χ1) is 10.2. The molecule has 0 radical (unpaired) electrons. The summed E-state index contributed by atoms with van der Waals surface area (Å²) in [6.45, 7) is -0.394. The third-order valence-electron chi connectivity index (χ3n) is 2.75. The van der Waals surface area contributed by atoms with Crippen LogP contribution in [0.3, 0.4) is 0 Å². The molecular formula is C14H13N3O4. The van der Waals surface area contributed by atoms with E-state index in [9.17, 15) is 9.59 Å². The molecule has 1 aromatic carbocycles. The number of rotatable bonds is 6. The van der Waals surface area contributed by atoms with Gasteiger partial charge >= 0.3 is 0 Å². The zero-order valence-electron chi connectivity index (χ0n) is 11.1. The number of aliphatic hydroxyl groups is 1. The molecule has 7 nitrogen and oxygen atoms in total. The first-order valence-corrected chi connectivity index (χ1v) is 6.21. The van der Waals surface area contributed by atoms with E-state index >= 15 is 0 Å². The van der Waals surface area contributed by atoms with E-state index in [0.717, 1.165) is 4.90 Å². The molecule has 2 amide bonds. The van der Waals surface area contributed by atoms with Crippen molar-refractivity contribution in [1.29, 1.82) is 5.26 Å². The SMILES string of the molecule is N#CCOc1cccc(NC2=CC(=O)N(CCO)C2=O)c1. The molecule has 0 saturated carbocycles. The summed E-state index contributed by atoms with van der Waals surface area (Å²) in [4.78, 5) is 24.5. The minimum atomic E-state index is -0.489. The van der Waals surface area contributed by atoms with Crippen molar-refractivity contribution in [2.24, 2.45) is 0 Å². The van der Waals surface area contributed by atoms with Gasteiger partial charge in [0.1, 0.15) is 17.5 Å². The van der Waals surface area contributed by atoms with Crippen LogP contribution >= 0.6 is 0 Å². The van der Waals surface area contributed by atoms with Gasteiger partial charge in [-0.15, -0.1) is 0 Å². The zero-order chi connectivity index (χ0) is 15.2. The highest BCUT2D eigenvalue weighted by molar-refractivity contribution is 6.17. The van der Waals surface area contributed by atoms with Gasteiger partial charge in [-0.1, -0.05) is 6.07 Å². The normalized spacial score (nSPS) is 13.9. The van der Waals surface area contributed by atoms with Crippen LogP contribution in [0.2, 0.25) is 0 Å². The molecule has 0 aromatic heterocycles. The molecule has 21 heavy (non-hydrogen) atoms. The topological polar surface area (TPSA) is 103 Å². The van der Waals surface area contributed by atoms with Gasteiger partial charge in [-0.05, 0) is 12.1 Å². The quantitative estimate of drug-likeness (QED) is 0.727. The van der Waals surface area contributed by atoms with E-state index in [-0.39, 0.29) is 25.5 Å². The molecule has 0 saturated heterocycles. The number of hydrogen-bond acceptors (Lipinski definition) is 6. The highest BCUT2D eigenvalue weighted by Gasteiger charge is 2.30. The monoisotopic (exact) mass is 287 g/mol. The molecule has 0 bridgehead atoms. The molecule has 0 aliphatic carbocycles. The summed E-state index contributed by atoms with van der Waals surface area (Å²) in [5.41, 5.74) is 0.689. The maximum absolute atomic E-state index is 12.0. The number of nitriles is 1. The Balaban J connectivity index is 2.09. The van der Waals surface area contributed by atoms with Gasteiger partial charge in [0.25, 0.3) is 11.8 Å². The van der Waals surface area contributed by atoms with E-state index in [2.05, 4.69) is 5.32 Å². The van der Waals surface area contributed by atoms with E-state index in [1.54, 1.807) is 24.3 Å². The molecule has 2 rings (SSSR count). The van der Waals surface area contributed by atoms with Crippen LogP contribution in [-0.4, -0.2) is 41.6 Å². The predicted octanol–water partition coefficient (Wildman–Crippen LogP) is 0.246. The zero-order valence-corrected chi connectivity index (χ0v) is 11.1. The second-order valence-electron chi connectivity index (χ2n) is 4.18. The molecule has 108 valence electrons. The Hall–Kier alpha value is -2.85. The van der Waals surface area contributed by atoms with Crippen LogP contribution in [0.4, 0.5) is 5.69 Å². The van der Waals surface area contributed by atoms with Gasteiger partial charge < -0.3 is 15.2 Å². The van der Waals surface area contributed by atoms with Crippen molar-refractivity contribution in [3.63, 3.8) is 0 Å². The smallest absolute Gasteiger partial charge is 0.277 e. The number of anilines is 1. The highest BCUT2D eigenvalue weighted by atomic mass is 16.5. The molecular weight excluding hydrogens is 274 g/mol. The number of carbonyl (C=O) groups is 2. The molecule has 1 heterocycles. The van der Waals surface area contributed by atoms with Crippen molar-refractivity contribution in [1.82, 2.24) is 4.90 Å². The molecule has 1 aromatic rings. The van der Waals surface area contributed by atoms with Crippen molar-refractivity contribution in [3.05, 3.63) is 36.0 Å². The second kappa shape index (κ2) is 6.54. The van der Waals surface area contributed by atoms with Crippen LogP contribution in [0.15, 0.2) is 36.0 Å². The summed E-state index contributed by atoms with van der Waals surface area (Å²) in [7, 11) is 0. The number of hydrogen-bond donors (Lipinski definition) is 2. The Morgan fingerprint density at radius 2 is 2.19 bits per heavy atom. The molecule has 0 spiro atoms. The van der Waals surface area contributed by atoms with Gasteiger partial charge in [-0.25, -0.2) is 0 Å². The van der Waals surface area contributed by atoms with E-state index in [1.807, 2.05) is 6.07 Å². The molecule has 0 unspecified atom stereocenters. The lowest BCUT2D eigenvalue weighted by molar-refractivity contribution is -0.137. The van der Waals surface area contributed by atoms with E-state index < -0.39 is 11.8 Å². The molecule has 1 aliphatic heterocycles. The number of β-amino-alcohol motifs (C(OH)–C–C–N with tert-alkyl or cyclic N) is 1. The summed E-state index contributed by atoms with van der Waals surface area (Å²) in [5.74, 6) is -0.475. The van der Waals surface area contributed by atoms with Crippen LogP contribution < -0.4 is 10.1 Å². The van der Waals surface area contributed by atoms with Crippen LogP contribution in [0.5, 0.6) is 5.75 Å². The van der Waals surface area contributed by atoms with Gasteiger partial charge in [0.2, 0.25) is 0 Å². The third kappa shape index (κ3) is 3.38. The highest BCUT2D eigenvalue weighted by Crippen LogP contribution is 2.21. The maximum atomic E-state index is 12.0. The van der Waals surface area contributed by atoms with Crippen LogP contribution in [0, 0.1) is 11.3 Å². The van der Waals surface area contributed by atoms with Crippen molar-refractivity contribution in [2.75, 3.05) is 25.1 Å². The van der Waals surface area contributed by atoms with Crippen molar-refractivity contribution < 1.29 is 19.4 Å². The predicted molar refractivity (Wildman–Crippen MR) is 73.1 cm³/mol. The van der Waals surface area contributed by atoms with E-state index in [4.69, 9.17) is 15.1 Å². The number of aliphatic hydroxyl groups excluding tert-OH is 1. The van der Waals surface area contributed by atoms with Gasteiger partial charge in [0.05, 0.1) is 13.2 Å². The summed E-state index contributed by atoms with van der Waals surface area (Å²) in [5, 5.41) is 20.1. The minimum Gasteiger partial charge on any atom is -0.479 e. The van der Waals surface area contributed by atoms with Gasteiger partial charge in [0.15, 0.2) is 6.61 Å². The molecule has 0 atom stereocenters. The van der Waals surface area contributed by atoms with Crippen molar-refractivity contribution in [3.8, 4) is 11.8 Å². The fraction of sp³-hybridized carbons (Fsp3) is 0.214. The van der Waals surface area contributed by atoms with Crippen LogP contribution in [0.25, 0.3) is 0 Å². The largest absolute Gasteiger partial charge is 0.479 e. The Morgan fingerprint density at radius 3 is 2.90 bits per heavy atom. The van der Waals surface area contributed by atoms with E-state index in [1.165, 1.54) is 6.08 Å². The number of nitrogens with one attached hydrogen (secondary N) is 1. The fourth-order valence-electron chi connectivity index (χ4n) is 1.84. The Bertz CT molecular complexity index is 633. The lowest BCUT2D eigenvalue weighted by atomic mass is 10.3. The lowest BCUT2D eigenvalue weighted by Crippen LogP contribution is -2.34. The number of imide groups is 1. The minimum absolute atomic E-state index is 0.0370. The van der Waals surface area contributed by atoms with Gasteiger partial charge in [-0.2, -0.15) is 5.26 Å². The number of ether oxygens (including phenoxy) is 1. The summed E-state index contributed by atoms with van der Waals surface area (Å²) < 4.78 is 5.15. The van der Waals surface area contributed by atoms with Crippen molar-refractivity contribution in [2.45, 2.75) is 0 Å². The van der Waals surface area contributed by atoms with Gasteiger partial charge in [0, 0.05) is 17.8 Å². The number of amides is 2. The number of benzene rings is 1.